The Balaban J connectivity index is 1.46. The van der Waals surface area contributed by atoms with Crippen LogP contribution in [0.1, 0.15) is 57.1 Å². The van der Waals surface area contributed by atoms with E-state index in [0.29, 0.717) is 6.42 Å². The number of hydrogen-bond acceptors (Lipinski definition) is 5. The van der Waals surface area contributed by atoms with Gasteiger partial charge in [-0.2, -0.15) is 0 Å². The number of fused-ring (bicyclic) bond motifs is 3. The van der Waals surface area contributed by atoms with E-state index in [2.05, 4.69) is 17.4 Å². The van der Waals surface area contributed by atoms with Gasteiger partial charge in [0, 0.05) is 0 Å². The third kappa shape index (κ3) is 7.10. The average molecular weight is 529 g/mol. The van der Waals surface area contributed by atoms with Crippen LogP contribution >= 0.6 is 0 Å². The van der Waals surface area contributed by atoms with Crippen molar-refractivity contribution in [3.8, 4) is 11.1 Å². The molecular formula is C26H32AsNO6. The maximum absolute atomic E-state index is 12.4. The molecule has 34 heavy (non-hydrogen) atoms. The van der Waals surface area contributed by atoms with Crippen LogP contribution < -0.4 is 5.32 Å². The van der Waals surface area contributed by atoms with E-state index in [1.807, 2.05) is 57.2 Å². The summed E-state index contributed by atoms with van der Waals surface area (Å²) in [6.45, 7) is 5.64. The van der Waals surface area contributed by atoms with Crippen molar-refractivity contribution >= 4 is 32.6 Å². The first-order valence-corrected chi connectivity index (χ1v) is 14.0. The number of carbonyl (C=O) groups excluding carboxylic acids is 2. The van der Waals surface area contributed by atoms with Crippen LogP contribution in [-0.4, -0.2) is 55.9 Å². The van der Waals surface area contributed by atoms with Crippen molar-refractivity contribution in [2.24, 2.45) is 0 Å². The average Bonchev–Trinajstić information content (AvgIpc) is 3.09. The second-order valence-corrected chi connectivity index (χ2v) is 11.9. The molecule has 0 saturated carbocycles. The Morgan fingerprint density at radius 1 is 1.00 bits per heavy atom. The Morgan fingerprint density at radius 2 is 1.59 bits per heavy atom. The molecule has 1 amide bonds. The number of carbonyl (C=O) groups is 3. The summed E-state index contributed by atoms with van der Waals surface area (Å²) >= 11 is -0.885. The van der Waals surface area contributed by atoms with E-state index in [1.54, 1.807) is 0 Å². The summed E-state index contributed by atoms with van der Waals surface area (Å²) in [6.07, 6.45) is 0.846. The van der Waals surface area contributed by atoms with Crippen LogP contribution in [0.25, 0.3) is 11.1 Å². The normalized spacial score (nSPS) is 13.9. The first-order valence-electron chi connectivity index (χ1n) is 11.5. The van der Waals surface area contributed by atoms with Gasteiger partial charge in [-0.05, 0) is 0 Å². The van der Waals surface area contributed by atoms with Crippen LogP contribution in [0.5, 0.6) is 0 Å². The molecular weight excluding hydrogens is 497 g/mol. The molecule has 2 atom stereocenters. The molecule has 1 aliphatic carbocycles. The second-order valence-electron chi connectivity index (χ2n) is 9.29. The van der Waals surface area contributed by atoms with Crippen molar-refractivity contribution in [2.45, 2.75) is 62.8 Å². The Hall–Kier alpha value is -2.79. The molecule has 2 N–H and O–H groups in total. The molecule has 0 bridgehead atoms. The first-order chi connectivity index (χ1) is 16.2. The summed E-state index contributed by atoms with van der Waals surface area (Å²) < 4.78 is 10.6. The Morgan fingerprint density at radius 3 is 2.15 bits per heavy atom. The number of ether oxygens (including phenoxy) is 2. The van der Waals surface area contributed by atoms with Crippen molar-refractivity contribution in [1.29, 1.82) is 0 Å². The van der Waals surface area contributed by atoms with Crippen molar-refractivity contribution < 1.29 is 29.0 Å². The Labute approximate surface area is 206 Å². The SMILES string of the molecule is CC(C)(C)OC(=O)[AsH]CCCCC(NC(=O)OCC1c2ccccc2-c2ccccc21)C(=O)O. The Kier molecular flexibility index (Phi) is 8.78. The fraction of sp³-hybridized carbons (Fsp3) is 0.423. The standard InChI is InChI=1S/C26H32AsNO6/c1-26(2,3)34-24(31)27-15-9-8-14-22(23(29)30)28-25(32)33-16-21-19-12-6-4-10-17(19)18-11-5-7-13-20(18)21/h4-7,10-13,21-22,27H,8-9,14-16H2,1-3H3,(H,28,32)(H,29,30). The van der Waals surface area contributed by atoms with Crippen molar-refractivity contribution in [3.63, 3.8) is 0 Å². The minimum absolute atomic E-state index is 0.0845. The zero-order valence-corrected chi connectivity index (χ0v) is 21.9. The van der Waals surface area contributed by atoms with Crippen LogP contribution in [0.3, 0.4) is 0 Å². The molecule has 2 unspecified atom stereocenters. The monoisotopic (exact) mass is 529 g/mol. The number of amides is 1. The molecule has 0 spiro atoms. The van der Waals surface area contributed by atoms with Gasteiger partial charge in [-0.1, -0.05) is 36.4 Å². The molecule has 2 aromatic carbocycles. The topological polar surface area (TPSA) is 102 Å². The fourth-order valence-electron chi connectivity index (χ4n) is 4.02. The van der Waals surface area contributed by atoms with Crippen LogP contribution in [0.2, 0.25) is 5.21 Å². The molecule has 3 rings (SSSR count). The molecule has 0 saturated heterocycles. The predicted molar refractivity (Wildman–Crippen MR) is 132 cm³/mol. The number of alkyl carbamates (subject to hydrolysis) is 1. The molecule has 0 fully saturated rings. The predicted octanol–water partition coefficient (Wildman–Crippen LogP) is 4.94. The quantitative estimate of drug-likeness (QED) is 0.334. The van der Waals surface area contributed by atoms with Gasteiger partial charge < -0.3 is 0 Å². The molecule has 0 aromatic heterocycles. The molecule has 0 radical (unpaired) electrons. The summed E-state index contributed by atoms with van der Waals surface area (Å²) in [6, 6.07) is 15.0. The molecule has 0 aliphatic heterocycles. The number of carboxylic acid groups (broad SMARTS) is 1. The van der Waals surface area contributed by atoms with Gasteiger partial charge in [0.25, 0.3) is 0 Å². The molecule has 182 valence electrons. The number of aliphatic carboxylic acids is 1. The summed E-state index contributed by atoms with van der Waals surface area (Å²) in [5, 5.41) is 12.7. The van der Waals surface area contributed by atoms with Gasteiger partial charge in [0.1, 0.15) is 0 Å². The molecule has 2 aromatic rings. The number of nitrogens with one attached hydrogen (secondary N) is 1. The number of hydrogen-bond donors (Lipinski definition) is 2. The van der Waals surface area contributed by atoms with Gasteiger partial charge in [-0.15, -0.1) is 0 Å². The number of rotatable bonds is 10. The summed E-state index contributed by atoms with van der Waals surface area (Å²) in [4.78, 5) is 35.8. The zero-order chi connectivity index (χ0) is 24.7. The van der Waals surface area contributed by atoms with E-state index in [9.17, 15) is 19.5 Å². The van der Waals surface area contributed by atoms with E-state index in [4.69, 9.17) is 9.47 Å². The van der Waals surface area contributed by atoms with E-state index in [0.717, 1.165) is 33.9 Å². The third-order valence-corrected chi connectivity index (χ3v) is 7.61. The molecule has 7 nitrogen and oxygen atoms in total. The molecule has 1 aliphatic rings. The second kappa shape index (κ2) is 11.6. The van der Waals surface area contributed by atoms with Crippen LogP contribution in [0.4, 0.5) is 9.59 Å². The van der Waals surface area contributed by atoms with Crippen LogP contribution in [0, 0.1) is 0 Å². The first kappa shape index (κ1) is 25.8. The van der Waals surface area contributed by atoms with Gasteiger partial charge in [-0.25, -0.2) is 0 Å². The number of unbranched alkanes of at least 4 members (excludes halogenated alkanes) is 1. The molecule has 0 heterocycles. The third-order valence-electron chi connectivity index (χ3n) is 5.52. The van der Waals surface area contributed by atoms with Crippen LogP contribution in [0.15, 0.2) is 48.5 Å². The van der Waals surface area contributed by atoms with E-state index in [-0.39, 0.29) is 23.7 Å². The van der Waals surface area contributed by atoms with E-state index in [1.165, 1.54) is 0 Å². The van der Waals surface area contributed by atoms with E-state index < -0.39 is 39.5 Å². The van der Waals surface area contributed by atoms with Gasteiger partial charge in [0.15, 0.2) is 0 Å². The maximum atomic E-state index is 12.4. The minimum atomic E-state index is -1.10. The van der Waals surface area contributed by atoms with Gasteiger partial charge in [0.05, 0.1) is 0 Å². The fourth-order valence-corrected chi connectivity index (χ4v) is 6.14. The van der Waals surface area contributed by atoms with Crippen LogP contribution in [-0.2, 0) is 14.3 Å². The van der Waals surface area contributed by atoms with Gasteiger partial charge >= 0.3 is 171 Å². The van der Waals surface area contributed by atoms with Gasteiger partial charge in [0.2, 0.25) is 0 Å². The summed E-state index contributed by atoms with van der Waals surface area (Å²) in [5.41, 5.74) is 3.97. The number of benzene rings is 2. The number of carboxylic acids is 1. The summed E-state index contributed by atoms with van der Waals surface area (Å²) in [5.74, 6) is -1.18. The summed E-state index contributed by atoms with van der Waals surface area (Å²) in [7, 11) is 0. The Bertz CT molecular complexity index is 986. The molecule has 8 heteroatoms. The zero-order valence-electron chi connectivity index (χ0n) is 19.8. The van der Waals surface area contributed by atoms with Crippen molar-refractivity contribution in [3.05, 3.63) is 59.7 Å². The van der Waals surface area contributed by atoms with Crippen molar-refractivity contribution in [1.82, 2.24) is 5.32 Å². The van der Waals surface area contributed by atoms with Gasteiger partial charge in [-0.3, -0.25) is 0 Å². The van der Waals surface area contributed by atoms with Crippen molar-refractivity contribution in [2.75, 3.05) is 6.61 Å². The van der Waals surface area contributed by atoms with E-state index >= 15 is 0 Å².